The molecule has 0 aromatic heterocycles. The van der Waals surface area contributed by atoms with E-state index in [1.165, 1.54) is 5.56 Å². The van der Waals surface area contributed by atoms with Crippen LogP contribution < -0.4 is 21.3 Å². The second kappa shape index (κ2) is 21.8. The molecule has 9 nitrogen and oxygen atoms in total. The zero-order valence-corrected chi connectivity index (χ0v) is 31.9. The lowest BCUT2D eigenvalue weighted by Crippen LogP contribution is -2.60. The number of piperidine rings is 1. The van der Waals surface area contributed by atoms with E-state index >= 15 is 0 Å². The minimum absolute atomic E-state index is 0.0103. The molecular weight excluding hydrogens is 651 g/mol. The van der Waals surface area contributed by atoms with E-state index in [2.05, 4.69) is 65.6 Å². The van der Waals surface area contributed by atoms with Crippen LogP contribution in [0.2, 0.25) is 0 Å². The first-order chi connectivity index (χ1) is 25.1. The zero-order valence-electron chi connectivity index (χ0n) is 31.9. The quantitative estimate of drug-likeness (QED) is 0.0958. The van der Waals surface area contributed by atoms with Gasteiger partial charge in [0, 0.05) is 24.4 Å². The van der Waals surface area contributed by atoms with Gasteiger partial charge in [-0.2, -0.15) is 0 Å². The van der Waals surface area contributed by atoms with Crippen LogP contribution in [0, 0.1) is 11.8 Å². The summed E-state index contributed by atoms with van der Waals surface area (Å²) in [5.74, 6) is -1.15. The molecule has 0 bridgehead atoms. The summed E-state index contributed by atoms with van der Waals surface area (Å²) in [6.45, 7) is 16.5. The van der Waals surface area contributed by atoms with Crippen LogP contribution in [0.3, 0.4) is 0 Å². The molecule has 4 N–H and O–H groups in total. The predicted molar refractivity (Wildman–Crippen MR) is 210 cm³/mol. The standard InChI is InChI=1S/C43H61N5O4/c1-8-18-34(9-2)36(35-21-15-12-16-22-35)26-28-45-41(50)37(10-3)46-42(51)38(23-17-27-44-7)47-40(49)32(6)48-39(25-24-30(4)43(48)52)31(5)29-33-19-13-11-14-20-33/h8-9,11-16,18-22,30-32,36-39,44H,1-2,10,17,23-29H2,3-7H3,(H,45,50)(H,46,51)(H,47,49)/b34-18+/t30?,31-,32?,36?,37?,38-,39-/m0/s1. The van der Waals surface area contributed by atoms with E-state index in [-0.39, 0.29) is 41.5 Å². The molecule has 1 heterocycles. The largest absolute Gasteiger partial charge is 0.354 e. The van der Waals surface area contributed by atoms with E-state index in [0.29, 0.717) is 38.8 Å². The molecule has 0 saturated carbocycles. The summed E-state index contributed by atoms with van der Waals surface area (Å²) >= 11 is 0. The summed E-state index contributed by atoms with van der Waals surface area (Å²) in [7, 11) is 1.83. The Labute approximate surface area is 311 Å². The van der Waals surface area contributed by atoms with E-state index in [4.69, 9.17) is 0 Å². The Kier molecular flexibility index (Phi) is 17.5. The average molecular weight is 712 g/mol. The van der Waals surface area contributed by atoms with Crippen LogP contribution in [0.5, 0.6) is 0 Å². The first-order valence-corrected chi connectivity index (χ1v) is 18.9. The summed E-state index contributed by atoms with van der Waals surface area (Å²) in [4.78, 5) is 56.5. The maximum Gasteiger partial charge on any atom is 0.243 e. The highest BCUT2D eigenvalue weighted by atomic mass is 16.2. The smallest absolute Gasteiger partial charge is 0.243 e. The fourth-order valence-electron chi connectivity index (χ4n) is 7.19. The van der Waals surface area contributed by atoms with Gasteiger partial charge in [0.1, 0.15) is 18.1 Å². The summed E-state index contributed by atoms with van der Waals surface area (Å²) < 4.78 is 0. The second-order valence-corrected chi connectivity index (χ2v) is 14.1. The van der Waals surface area contributed by atoms with Crippen molar-refractivity contribution in [2.75, 3.05) is 20.1 Å². The van der Waals surface area contributed by atoms with Crippen molar-refractivity contribution in [1.82, 2.24) is 26.2 Å². The normalized spacial score (nSPS) is 19.1. The van der Waals surface area contributed by atoms with Crippen LogP contribution in [0.1, 0.15) is 83.3 Å². The van der Waals surface area contributed by atoms with Gasteiger partial charge in [-0.05, 0) is 88.1 Å². The van der Waals surface area contributed by atoms with Gasteiger partial charge >= 0.3 is 0 Å². The van der Waals surface area contributed by atoms with Gasteiger partial charge in [0.05, 0.1) is 0 Å². The third kappa shape index (κ3) is 12.0. The van der Waals surface area contributed by atoms with Crippen molar-refractivity contribution in [3.05, 3.63) is 109 Å². The summed E-state index contributed by atoms with van der Waals surface area (Å²) in [6, 6.07) is 17.7. The third-order valence-electron chi connectivity index (χ3n) is 10.3. The fourth-order valence-corrected chi connectivity index (χ4v) is 7.19. The van der Waals surface area contributed by atoms with Crippen LogP contribution in [-0.2, 0) is 25.6 Å². The number of likely N-dealkylation sites (tertiary alicyclic amines) is 1. The first kappa shape index (κ1) is 41.9. The SMILES string of the molecule is C=C/C=C(\C=C)C(CCNC(=O)C(CC)NC(=O)[C@H](CCCNC)NC(=O)C(C)N1C(=O)C(C)CC[C@H]1[C@@H](C)Cc1ccccc1)c1ccccc1. The van der Waals surface area contributed by atoms with Crippen molar-refractivity contribution >= 4 is 23.6 Å². The van der Waals surface area contributed by atoms with Crippen molar-refractivity contribution in [3.8, 4) is 0 Å². The van der Waals surface area contributed by atoms with Gasteiger partial charge in [0.15, 0.2) is 0 Å². The molecule has 0 aliphatic carbocycles. The lowest BCUT2D eigenvalue weighted by atomic mass is 9.83. The molecule has 2 aromatic carbocycles. The molecule has 0 radical (unpaired) electrons. The average Bonchev–Trinajstić information content (AvgIpc) is 3.15. The molecule has 9 heteroatoms. The minimum Gasteiger partial charge on any atom is -0.354 e. The van der Waals surface area contributed by atoms with Gasteiger partial charge in [-0.15, -0.1) is 0 Å². The van der Waals surface area contributed by atoms with Gasteiger partial charge in [-0.25, -0.2) is 0 Å². The predicted octanol–water partition coefficient (Wildman–Crippen LogP) is 5.85. The number of carbonyl (C=O) groups is 4. The van der Waals surface area contributed by atoms with Crippen LogP contribution in [0.15, 0.2) is 97.6 Å². The molecule has 1 fully saturated rings. The summed E-state index contributed by atoms with van der Waals surface area (Å²) in [6.07, 6.45) is 9.87. The van der Waals surface area contributed by atoms with Crippen LogP contribution in [-0.4, -0.2) is 72.8 Å². The molecule has 4 amide bonds. The molecule has 1 saturated heterocycles. The fraction of sp³-hybridized carbons (Fsp3) is 0.488. The summed E-state index contributed by atoms with van der Waals surface area (Å²) in [5.41, 5.74) is 3.30. The first-order valence-electron chi connectivity index (χ1n) is 18.9. The van der Waals surface area contributed by atoms with E-state index in [1.54, 1.807) is 17.9 Å². The number of carbonyl (C=O) groups excluding carboxylic acids is 4. The Hall–Kier alpha value is -4.50. The van der Waals surface area contributed by atoms with E-state index in [0.717, 1.165) is 30.4 Å². The summed E-state index contributed by atoms with van der Waals surface area (Å²) in [5, 5.41) is 12.0. The Morgan fingerprint density at radius 1 is 0.885 bits per heavy atom. The molecule has 2 aromatic rings. The lowest BCUT2D eigenvalue weighted by molar-refractivity contribution is -0.151. The Morgan fingerprint density at radius 2 is 1.54 bits per heavy atom. The maximum atomic E-state index is 13.9. The minimum atomic E-state index is -0.871. The molecule has 282 valence electrons. The Morgan fingerprint density at radius 3 is 2.15 bits per heavy atom. The highest BCUT2D eigenvalue weighted by Gasteiger charge is 2.41. The Bertz CT molecular complexity index is 1490. The number of amides is 4. The monoisotopic (exact) mass is 711 g/mol. The molecular formula is C43H61N5O4. The third-order valence-corrected chi connectivity index (χ3v) is 10.3. The second-order valence-electron chi connectivity index (χ2n) is 14.1. The number of allylic oxidation sites excluding steroid dienone is 4. The molecule has 4 unspecified atom stereocenters. The highest BCUT2D eigenvalue weighted by molar-refractivity contribution is 5.94. The van der Waals surface area contributed by atoms with Gasteiger partial charge in [0.25, 0.3) is 0 Å². The molecule has 1 aliphatic rings. The van der Waals surface area contributed by atoms with Crippen molar-refractivity contribution < 1.29 is 19.2 Å². The van der Waals surface area contributed by atoms with Crippen molar-refractivity contribution in [2.45, 2.75) is 103 Å². The lowest BCUT2D eigenvalue weighted by Gasteiger charge is -2.44. The van der Waals surface area contributed by atoms with Gasteiger partial charge in [0.2, 0.25) is 23.6 Å². The number of rotatable bonds is 21. The molecule has 1 aliphatic heterocycles. The molecule has 0 spiro atoms. The van der Waals surface area contributed by atoms with Gasteiger partial charge in [-0.3, -0.25) is 19.2 Å². The van der Waals surface area contributed by atoms with E-state index < -0.39 is 24.0 Å². The molecule has 3 rings (SSSR count). The van der Waals surface area contributed by atoms with Crippen LogP contribution in [0.4, 0.5) is 0 Å². The number of nitrogens with zero attached hydrogens (tertiary/aromatic N) is 1. The van der Waals surface area contributed by atoms with Gasteiger partial charge < -0.3 is 26.2 Å². The number of hydrogen-bond donors (Lipinski definition) is 4. The maximum absolute atomic E-state index is 13.9. The Balaban J connectivity index is 1.69. The molecule has 7 atom stereocenters. The van der Waals surface area contributed by atoms with Crippen molar-refractivity contribution in [2.24, 2.45) is 11.8 Å². The number of hydrogen-bond acceptors (Lipinski definition) is 5. The van der Waals surface area contributed by atoms with Crippen LogP contribution in [0.25, 0.3) is 0 Å². The van der Waals surface area contributed by atoms with Crippen molar-refractivity contribution in [3.63, 3.8) is 0 Å². The van der Waals surface area contributed by atoms with Gasteiger partial charge in [-0.1, -0.05) is 113 Å². The van der Waals surface area contributed by atoms with E-state index in [9.17, 15) is 19.2 Å². The number of nitrogens with one attached hydrogen (secondary N) is 4. The zero-order chi connectivity index (χ0) is 38.0. The highest BCUT2D eigenvalue weighted by Crippen LogP contribution is 2.32. The van der Waals surface area contributed by atoms with Crippen LogP contribution >= 0.6 is 0 Å². The topological polar surface area (TPSA) is 120 Å². The molecule has 52 heavy (non-hydrogen) atoms. The van der Waals surface area contributed by atoms with E-state index in [1.807, 2.05) is 69.4 Å². The van der Waals surface area contributed by atoms with Crippen molar-refractivity contribution in [1.29, 1.82) is 0 Å². The number of benzene rings is 2.